The van der Waals surface area contributed by atoms with Crippen LogP contribution >= 0.6 is 0 Å². The Bertz CT molecular complexity index is 1240. The third kappa shape index (κ3) is 4.54. The van der Waals surface area contributed by atoms with Gasteiger partial charge in [-0.2, -0.15) is 0 Å². The van der Waals surface area contributed by atoms with Crippen LogP contribution in [0.2, 0.25) is 0 Å². The van der Waals surface area contributed by atoms with Gasteiger partial charge >= 0.3 is 0 Å². The highest BCUT2D eigenvalue weighted by molar-refractivity contribution is 6.18. The van der Waals surface area contributed by atoms with Crippen molar-refractivity contribution in [1.82, 2.24) is 0 Å². The van der Waals surface area contributed by atoms with E-state index in [0.29, 0.717) is 28.9 Å². The van der Waals surface area contributed by atoms with E-state index in [1.807, 2.05) is 0 Å². The Hall–Kier alpha value is -3.93. The molecule has 0 aliphatic heterocycles. The van der Waals surface area contributed by atoms with Gasteiger partial charge in [-0.15, -0.1) is 0 Å². The second-order valence-electron chi connectivity index (χ2n) is 7.32. The molecule has 0 aliphatic rings. The minimum absolute atomic E-state index is 0.00863. The minimum Gasteiger partial charge on any atom is -0.494 e. The lowest BCUT2D eigenvalue weighted by atomic mass is 10.1. The molecule has 0 bridgehead atoms. The summed E-state index contributed by atoms with van der Waals surface area (Å²) in [4.78, 5) is 26.0. The van der Waals surface area contributed by atoms with E-state index in [1.165, 1.54) is 24.3 Å². The maximum Gasteiger partial charge on any atom is 0.255 e. The Morgan fingerprint density at radius 2 is 1.62 bits per heavy atom. The smallest absolute Gasteiger partial charge is 0.255 e. The van der Waals surface area contributed by atoms with Crippen molar-refractivity contribution in [3.63, 3.8) is 0 Å². The summed E-state index contributed by atoms with van der Waals surface area (Å²) in [6.07, 6.45) is 2.00. The van der Waals surface area contributed by atoms with Crippen LogP contribution in [0.1, 0.15) is 46.2 Å². The lowest BCUT2D eigenvalue weighted by molar-refractivity contribution is 0.101. The van der Waals surface area contributed by atoms with Crippen LogP contribution in [-0.4, -0.2) is 18.3 Å². The van der Waals surface area contributed by atoms with Crippen LogP contribution in [0.3, 0.4) is 0 Å². The van der Waals surface area contributed by atoms with E-state index in [-0.39, 0.29) is 22.9 Å². The molecule has 0 fully saturated rings. The molecule has 6 heteroatoms. The maximum absolute atomic E-state index is 13.3. The van der Waals surface area contributed by atoms with Gasteiger partial charge in [0.15, 0.2) is 5.76 Å². The van der Waals surface area contributed by atoms with E-state index >= 15 is 0 Å². The number of amides is 1. The molecule has 1 amide bonds. The van der Waals surface area contributed by atoms with Gasteiger partial charge in [0.2, 0.25) is 5.78 Å². The number of ether oxygens (including phenoxy) is 1. The molecule has 0 spiro atoms. The Kier molecular flexibility index (Phi) is 6.31. The number of rotatable bonds is 8. The van der Waals surface area contributed by atoms with Crippen LogP contribution < -0.4 is 10.1 Å². The van der Waals surface area contributed by atoms with E-state index in [4.69, 9.17) is 9.15 Å². The van der Waals surface area contributed by atoms with E-state index in [0.717, 1.165) is 12.8 Å². The first-order chi connectivity index (χ1) is 15.6. The molecule has 1 N–H and O–H groups in total. The summed E-state index contributed by atoms with van der Waals surface area (Å²) >= 11 is 0. The SMILES string of the molecule is CCCCOc1ccc(C(=O)Nc2c(C(=O)c3ccc(F)cc3)oc3ccccc23)cc1. The topological polar surface area (TPSA) is 68.5 Å². The fraction of sp³-hybridized carbons (Fsp3) is 0.154. The zero-order chi connectivity index (χ0) is 22.5. The van der Waals surface area contributed by atoms with Crippen LogP contribution in [0, 0.1) is 5.82 Å². The summed E-state index contributed by atoms with van der Waals surface area (Å²) in [5.74, 6) is -0.593. The molecule has 162 valence electrons. The molecule has 0 aliphatic carbocycles. The molecule has 0 saturated heterocycles. The van der Waals surface area contributed by atoms with Crippen LogP contribution in [0.4, 0.5) is 10.1 Å². The summed E-state index contributed by atoms with van der Waals surface area (Å²) in [6, 6.07) is 19.0. The first-order valence-electron chi connectivity index (χ1n) is 10.4. The lowest BCUT2D eigenvalue weighted by Gasteiger charge is -2.08. The highest BCUT2D eigenvalue weighted by Crippen LogP contribution is 2.33. The first-order valence-corrected chi connectivity index (χ1v) is 10.4. The van der Waals surface area contributed by atoms with Crippen molar-refractivity contribution in [2.75, 3.05) is 11.9 Å². The molecule has 3 aromatic carbocycles. The van der Waals surface area contributed by atoms with Crippen LogP contribution in [-0.2, 0) is 0 Å². The summed E-state index contributed by atoms with van der Waals surface area (Å²) < 4.78 is 24.7. The number of para-hydroxylation sites is 1. The molecule has 1 aromatic heterocycles. The summed E-state index contributed by atoms with van der Waals surface area (Å²) in [7, 11) is 0. The molecule has 0 atom stereocenters. The fourth-order valence-corrected chi connectivity index (χ4v) is 3.28. The standard InChI is InChI=1S/C26H22FNO4/c1-2-3-16-31-20-14-10-18(11-15-20)26(30)28-23-21-6-4-5-7-22(21)32-25(23)24(29)17-8-12-19(27)13-9-17/h4-15H,2-3,16H2,1H3,(H,28,30). The van der Waals surface area contributed by atoms with E-state index in [2.05, 4.69) is 12.2 Å². The number of fused-ring (bicyclic) bond motifs is 1. The maximum atomic E-state index is 13.3. The molecule has 5 nitrogen and oxygen atoms in total. The molecule has 4 rings (SSSR count). The molecule has 4 aromatic rings. The monoisotopic (exact) mass is 431 g/mol. The third-order valence-corrected chi connectivity index (χ3v) is 5.03. The lowest BCUT2D eigenvalue weighted by Crippen LogP contribution is -2.14. The second-order valence-corrected chi connectivity index (χ2v) is 7.32. The van der Waals surface area contributed by atoms with E-state index < -0.39 is 11.6 Å². The first kappa shape index (κ1) is 21.3. The molecule has 0 saturated carbocycles. The van der Waals surface area contributed by atoms with E-state index in [1.54, 1.807) is 48.5 Å². The fourth-order valence-electron chi connectivity index (χ4n) is 3.28. The van der Waals surface area contributed by atoms with Crippen LogP contribution in [0.5, 0.6) is 5.75 Å². The van der Waals surface area contributed by atoms with E-state index in [9.17, 15) is 14.0 Å². The van der Waals surface area contributed by atoms with Crippen molar-refractivity contribution in [3.05, 3.63) is 95.5 Å². The number of nitrogens with one attached hydrogen (secondary N) is 1. The average Bonchev–Trinajstić information content (AvgIpc) is 3.18. The number of unbranched alkanes of at least 4 members (excludes halogenated alkanes) is 1. The summed E-state index contributed by atoms with van der Waals surface area (Å²) in [6.45, 7) is 2.71. The van der Waals surface area contributed by atoms with Gasteiger partial charge in [0, 0.05) is 16.5 Å². The zero-order valence-electron chi connectivity index (χ0n) is 17.6. The number of benzene rings is 3. The van der Waals surface area contributed by atoms with Gasteiger partial charge in [-0.1, -0.05) is 25.5 Å². The number of carbonyl (C=O) groups excluding carboxylic acids is 2. The highest BCUT2D eigenvalue weighted by atomic mass is 19.1. The van der Waals surface area contributed by atoms with Crippen LogP contribution in [0.25, 0.3) is 11.0 Å². The Labute approximate surface area is 184 Å². The van der Waals surface area contributed by atoms with Crippen molar-refractivity contribution in [2.45, 2.75) is 19.8 Å². The van der Waals surface area contributed by atoms with Gasteiger partial charge in [-0.25, -0.2) is 4.39 Å². The minimum atomic E-state index is -0.448. The zero-order valence-corrected chi connectivity index (χ0v) is 17.6. The quantitative estimate of drug-likeness (QED) is 0.265. The predicted octanol–water partition coefficient (Wildman–Crippen LogP) is 6.23. The van der Waals surface area contributed by atoms with Gasteiger partial charge in [0.25, 0.3) is 5.91 Å². The molecule has 0 unspecified atom stereocenters. The number of anilines is 1. The number of halogens is 1. The Morgan fingerprint density at radius 1 is 0.938 bits per heavy atom. The second kappa shape index (κ2) is 9.47. The Morgan fingerprint density at radius 3 is 2.34 bits per heavy atom. The molecule has 1 heterocycles. The Balaban J connectivity index is 1.62. The van der Waals surface area contributed by atoms with Gasteiger partial charge in [-0.3, -0.25) is 9.59 Å². The van der Waals surface area contributed by atoms with Crippen molar-refractivity contribution in [1.29, 1.82) is 0 Å². The third-order valence-electron chi connectivity index (χ3n) is 5.03. The average molecular weight is 431 g/mol. The number of hydrogen-bond acceptors (Lipinski definition) is 4. The van der Waals surface area contributed by atoms with Gasteiger partial charge in [0.05, 0.1) is 12.3 Å². The number of hydrogen-bond donors (Lipinski definition) is 1. The number of ketones is 1. The number of carbonyl (C=O) groups is 2. The van der Waals surface area contributed by atoms with Gasteiger partial charge < -0.3 is 14.5 Å². The highest BCUT2D eigenvalue weighted by Gasteiger charge is 2.23. The van der Waals surface area contributed by atoms with Gasteiger partial charge in [0.1, 0.15) is 17.1 Å². The largest absolute Gasteiger partial charge is 0.494 e. The molecule has 32 heavy (non-hydrogen) atoms. The molecular formula is C26H22FNO4. The molecule has 0 radical (unpaired) electrons. The van der Waals surface area contributed by atoms with Crippen molar-refractivity contribution < 1.29 is 23.1 Å². The summed E-state index contributed by atoms with van der Waals surface area (Å²) in [5.41, 5.74) is 1.42. The molecular weight excluding hydrogens is 409 g/mol. The predicted molar refractivity (Wildman–Crippen MR) is 121 cm³/mol. The van der Waals surface area contributed by atoms with Gasteiger partial charge in [-0.05, 0) is 67.1 Å². The summed E-state index contributed by atoms with van der Waals surface area (Å²) in [5, 5.41) is 3.42. The van der Waals surface area contributed by atoms with Crippen molar-refractivity contribution in [2.24, 2.45) is 0 Å². The normalized spacial score (nSPS) is 10.8. The van der Waals surface area contributed by atoms with Crippen LogP contribution in [0.15, 0.2) is 77.2 Å². The van der Waals surface area contributed by atoms with Crippen molar-refractivity contribution >= 4 is 28.3 Å². The number of furan rings is 1. The van der Waals surface area contributed by atoms with Crippen molar-refractivity contribution in [3.8, 4) is 5.75 Å².